The summed E-state index contributed by atoms with van der Waals surface area (Å²) in [7, 11) is 0. The van der Waals surface area contributed by atoms with Gasteiger partial charge in [-0.2, -0.15) is 24.9 Å². The maximum absolute atomic E-state index is 11.6. The molecule has 100 valence electrons. The van der Waals surface area contributed by atoms with E-state index in [0.29, 0.717) is 0 Å². The second-order valence-electron chi connectivity index (χ2n) is 2.92. The Morgan fingerprint density at radius 3 is 2.65 bits per heavy atom. The number of rotatable bonds is 9. The summed E-state index contributed by atoms with van der Waals surface area (Å²) in [5, 5.41) is 10.7. The molecule has 0 aliphatic heterocycles. The molecule has 0 spiro atoms. The van der Waals surface area contributed by atoms with Gasteiger partial charge in [0.25, 0.3) is 0 Å². The fourth-order valence-electron chi connectivity index (χ4n) is 0.780. The number of amides is 1. The van der Waals surface area contributed by atoms with Crippen LogP contribution in [0.25, 0.3) is 0 Å². The Bertz CT molecular complexity index is 249. The molecule has 0 aliphatic rings. The molecule has 0 aliphatic carbocycles. The number of nitrogens with one attached hydrogen (secondary N) is 1. The number of alkyl halides is 3. The predicted molar refractivity (Wildman–Crippen MR) is 54.8 cm³/mol. The molecule has 0 fully saturated rings. The van der Waals surface area contributed by atoms with Crippen molar-refractivity contribution in [2.75, 3.05) is 24.7 Å². The molecule has 0 aromatic carbocycles. The average molecular weight is 275 g/mol. The van der Waals surface area contributed by atoms with Gasteiger partial charge in [0, 0.05) is 11.5 Å². The summed E-state index contributed by atoms with van der Waals surface area (Å²) >= 11 is 1.09. The number of aliphatic carboxylic acids is 1. The molecule has 0 aromatic heterocycles. The van der Waals surface area contributed by atoms with Crippen molar-refractivity contribution in [3.8, 4) is 0 Å². The van der Waals surface area contributed by atoms with Gasteiger partial charge in [-0.1, -0.05) is 0 Å². The zero-order chi connectivity index (χ0) is 13.3. The van der Waals surface area contributed by atoms with Crippen LogP contribution in [0, 0.1) is 0 Å². The molecule has 0 heterocycles. The molecule has 1 unspecified atom stereocenters. The van der Waals surface area contributed by atoms with E-state index in [9.17, 15) is 22.8 Å². The molecule has 0 rings (SSSR count). The van der Waals surface area contributed by atoms with E-state index in [1.807, 2.05) is 0 Å². The normalized spacial score (nSPS) is 13.1. The van der Waals surface area contributed by atoms with Crippen molar-refractivity contribution in [3.63, 3.8) is 0 Å². The molecule has 9 heteroatoms. The molecule has 0 aromatic rings. The van der Waals surface area contributed by atoms with Crippen molar-refractivity contribution < 1.29 is 32.6 Å². The first kappa shape index (κ1) is 16.0. The Labute approximate surface area is 99.7 Å². The van der Waals surface area contributed by atoms with Crippen LogP contribution in [0.4, 0.5) is 13.2 Å². The number of hydrogen-bond donors (Lipinski definition) is 2. The molecular formula is C8H12F3NO4S. The van der Waals surface area contributed by atoms with Gasteiger partial charge in [-0.25, -0.2) is 4.79 Å². The Morgan fingerprint density at radius 1 is 1.53 bits per heavy atom. The van der Waals surface area contributed by atoms with Crippen LogP contribution in [0.15, 0.2) is 0 Å². The number of halogens is 3. The van der Waals surface area contributed by atoms with Crippen molar-refractivity contribution in [1.82, 2.24) is 5.32 Å². The summed E-state index contributed by atoms with van der Waals surface area (Å²) in [6.45, 7) is -1.44. The predicted octanol–water partition coefficient (Wildman–Crippen LogP) is 0.498. The second-order valence-corrected chi connectivity index (χ2v) is 4.07. The summed E-state index contributed by atoms with van der Waals surface area (Å²) in [4.78, 5) is 20.6. The highest BCUT2D eigenvalue weighted by atomic mass is 32.2. The smallest absolute Gasteiger partial charge is 0.411 e. The maximum Gasteiger partial charge on any atom is 0.411 e. The monoisotopic (exact) mass is 275 g/mol. The molecule has 1 atom stereocenters. The standard InChI is InChI=1S/C8H12F3NO4S/c9-8(10,11)4-16-1-2-17-3-6(7(14)15)12-5-13/h5-6H,1-4H2,(H,12,13)(H,14,15). The van der Waals surface area contributed by atoms with Crippen LogP contribution in [0.2, 0.25) is 0 Å². The molecule has 0 saturated heterocycles. The quantitative estimate of drug-likeness (QED) is 0.473. The number of ether oxygens (including phenoxy) is 1. The van der Waals surface area contributed by atoms with E-state index in [-0.39, 0.29) is 24.5 Å². The molecule has 1 amide bonds. The minimum atomic E-state index is -4.35. The van der Waals surface area contributed by atoms with Crippen molar-refractivity contribution in [2.45, 2.75) is 12.2 Å². The van der Waals surface area contributed by atoms with Gasteiger partial charge in [-0.05, 0) is 0 Å². The first-order valence-electron chi connectivity index (χ1n) is 4.51. The molecule has 17 heavy (non-hydrogen) atoms. The van der Waals surface area contributed by atoms with Crippen molar-refractivity contribution in [2.24, 2.45) is 0 Å². The van der Waals surface area contributed by atoms with E-state index in [1.165, 1.54) is 0 Å². The highest BCUT2D eigenvalue weighted by Crippen LogP contribution is 2.14. The average Bonchev–Trinajstić information content (AvgIpc) is 2.19. The van der Waals surface area contributed by atoms with Crippen molar-refractivity contribution in [3.05, 3.63) is 0 Å². The Morgan fingerprint density at radius 2 is 2.18 bits per heavy atom. The van der Waals surface area contributed by atoms with E-state index in [1.54, 1.807) is 0 Å². The van der Waals surface area contributed by atoms with Crippen LogP contribution < -0.4 is 5.32 Å². The second kappa shape index (κ2) is 8.18. The van der Waals surface area contributed by atoms with Gasteiger partial charge in [-0.15, -0.1) is 0 Å². The lowest BCUT2D eigenvalue weighted by Gasteiger charge is -2.11. The van der Waals surface area contributed by atoms with Crippen LogP contribution >= 0.6 is 11.8 Å². The van der Waals surface area contributed by atoms with Gasteiger partial charge in [0.15, 0.2) is 0 Å². The van der Waals surface area contributed by atoms with Crippen LogP contribution in [-0.4, -0.2) is 54.4 Å². The molecule has 0 radical (unpaired) electrons. The SMILES string of the molecule is O=CNC(CSCCOCC(F)(F)F)C(=O)O. The number of carboxylic acids is 1. The summed E-state index contributed by atoms with van der Waals surface area (Å²) in [6.07, 6.45) is -4.09. The zero-order valence-electron chi connectivity index (χ0n) is 8.70. The number of hydrogen-bond acceptors (Lipinski definition) is 4. The largest absolute Gasteiger partial charge is 0.480 e. The summed E-state index contributed by atoms with van der Waals surface area (Å²) < 4.78 is 39.2. The molecule has 0 bridgehead atoms. The summed E-state index contributed by atoms with van der Waals surface area (Å²) in [5.41, 5.74) is 0. The molecule has 2 N–H and O–H groups in total. The van der Waals surface area contributed by atoms with Crippen LogP contribution in [-0.2, 0) is 14.3 Å². The number of carbonyl (C=O) groups is 2. The van der Waals surface area contributed by atoms with E-state index in [2.05, 4.69) is 10.1 Å². The van der Waals surface area contributed by atoms with Gasteiger partial charge in [0.2, 0.25) is 6.41 Å². The number of carboxylic acid groups (broad SMARTS) is 1. The van der Waals surface area contributed by atoms with Gasteiger partial charge in [0.05, 0.1) is 6.61 Å². The minimum absolute atomic E-state index is 0.0729. The van der Waals surface area contributed by atoms with Crippen molar-refractivity contribution in [1.29, 1.82) is 0 Å². The van der Waals surface area contributed by atoms with E-state index in [4.69, 9.17) is 5.11 Å². The lowest BCUT2D eigenvalue weighted by molar-refractivity contribution is -0.172. The Hall–Kier alpha value is -0.960. The van der Waals surface area contributed by atoms with Crippen LogP contribution in [0.5, 0.6) is 0 Å². The fourth-order valence-corrected chi connectivity index (χ4v) is 1.66. The van der Waals surface area contributed by atoms with Crippen LogP contribution in [0.3, 0.4) is 0 Å². The highest BCUT2D eigenvalue weighted by molar-refractivity contribution is 7.99. The molecular weight excluding hydrogens is 263 g/mol. The van der Waals surface area contributed by atoms with Crippen LogP contribution in [0.1, 0.15) is 0 Å². The zero-order valence-corrected chi connectivity index (χ0v) is 9.51. The highest BCUT2D eigenvalue weighted by Gasteiger charge is 2.27. The Balaban J connectivity index is 3.55. The fraction of sp³-hybridized carbons (Fsp3) is 0.750. The maximum atomic E-state index is 11.6. The molecule has 0 saturated carbocycles. The van der Waals surface area contributed by atoms with E-state index in [0.717, 1.165) is 11.8 Å². The van der Waals surface area contributed by atoms with Gasteiger partial charge >= 0.3 is 12.1 Å². The summed E-state index contributed by atoms with van der Waals surface area (Å²) in [6, 6.07) is -1.04. The van der Waals surface area contributed by atoms with E-state index < -0.39 is 24.8 Å². The minimum Gasteiger partial charge on any atom is -0.480 e. The lowest BCUT2D eigenvalue weighted by Crippen LogP contribution is -2.38. The Kier molecular flexibility index (Phi) is 7.72. The molecule has 5 nitrogen and oxygen atoms in total. The number of carbonyl (C=O) groups excluding carboxylic acids is 1. The third kappa shape index (κ3) is 9.94. The van der Waals surface area contributed by atoms with E-state index >= 15 is 0 Å². The van der Waals surface area contributed by atoms with Gasteiger partial charge in [-0.3, -0.25) is 4.79 Å². The summed E-state index contributed by atoms with van der Waals surface area (Å²) in [5.74, 6) is -0.898. The van der Waals surface area contributed by atoms with Gasteiger partial charge < -0.3 is 15.2 Å². The van der Waals surface area contributed by atoms with Crippen molar-refractivity contribution >= 4 is 24.1 Å². The first-order valence-corrected chi connectivity index (χ1v) is 5.67. The lowest BCUT2D eigenvalue weighted by atomic mass is 10.3. The third-order valence-electron chi connectivity index (χ3n) is 1.49. The topological polar surface area (TPSA) is 75.6 Å². The third-order valence-corrected chi connectivity index (χ3v) is 2.51. The number of thioether (sulfide) groups is 1. The van der Waals surface area contributed by atoms with Gasteiger partial charge in [0.1, 0.15) is 12.6 Å². The first-order chi connectivity index (χ1) is 7.87.